The van der Waals surface area contributed by atoms with Gasteiger partial charge in [0, 0.05) is 12.0 Å². The first-order valence-electron chi connectivity index (χ1n) is 7.51. The molecular formula is C17H16Cl3NO3S2. The first kappa shape index (κ1) is 21.4. The SMILES string of the molecule is C[C@H](C(=O)C(Cl)(Cl)Cl)[C@@H](/C=C/c1ccccc1)NS(=O)(=O)c1cccs1. The number of hydrogen-bond donors (Lipinski definition) is 1. The van der Waals surface area contributed by atoms with Gasteiger partial charge in [0.05, 0.1) is 0 Å². The van der Waals surface area contributed by atoms with Crippen molar-refractivity contribution >= 4 is 68.0 Å². The third-order valence-electron chi connectivity index (χ3n) is 3.58. The predicted molar refractivity (Wildman–Crippen MR) is 108 cm³/mol. The van der Waals surface area contributed by atoms with Gasteiger partial charge in [0.1, 0.15) is 4.21 Å². The van der Waals surface area contributed by atoms with E-state index in [1.54, 1.807) is 23.6 Å². The van der Waals surface area contributed by atoms with Crippen LogP contribution in [0.5, 0.6) is 0 Å². The molecule has 1 aromatic heterocycles. The quantitative estimate of drug-likeness (QED) is 0.620. The Bertz CT molecular complexity index is 860. The van der Waals surface area contributed by atoms with Gasteiger partial charge in [0.15, 0.2) is 5.78 Å². The summed E-state index contributed by atoms with van der Waals surface area (Å²) >= 11 is 18.2. The highest BCUT2D eigenvalue weighted by atomic mass is 35.6. The fourth-order valence-electron chi connectivity index (χ4n) is 2.16. The number of carbonyl (C=O) groups excluding carboxylic acids is 1. The molecule has 9 heteroatoms. The summed E-state index contributed by atoms with van der Waals surface area (Å²) in [6.07, 6.45) is 3.29. The van der Waals surface area contributed by atoms with Crippen LogP contribution < -0.4 is 4.72 Å². The van der Waals surface area contributed by atoms with Gasteiger partial charge in [-0.2, -0.15) is 0 Å². The molecule has 0 spiro atoms. The van der Waals surface area contributed by atoms with Crippen LogP contribution in [-0.4, -0.2) is 24.0 Å². The number of thiophene rings is 1. The van der Waals surface area contributed by atoms with E-state index in [1.165, 1.54) is 13.0 Å². The van der Waals surface area contributed by atoms with Crippen LogP contribution in [0.25, 0.3) is 6.08 Å². The molecular weight excluding hydrogens is 437 g/mol. The fourth-order valence-corrected chi connectivity index (χ4v) is 4.96. The zero-order chi connectivity index (χ0) is 19.4. The second-order valence-corrected chi connectivity index (χ2v) is 10.7. The maximum Gasteiger partial charge on any atom is 0.250 e. The lowest BCUT2D eigenvalue weighted by atomic mass is 9.97. The van der Waals surface area contributed by atoms with E-state index in [1.807, 2.05) is 30.3 Å². The van der Waals surface area contributed by atoms with Crippen LogP contribution >= 0.6 is 46.1 Å². The number of sulfonamides is 1. The molecule has 2 rings (SSSR count). The number of carbonyl (C=O) groups is 1. The minimum Gasteiger partial charge on any atom is -0.294 e. The summed E-state index contributed by atoms with van der Waals surface area (Å²) in [5.74, 6) is -1.59. The molecule has 0 fully saturated rings. The Labute approximate surface area is 171 Å². The van der Waals surface area contributed by atoms with Crippen LogP contribution in [-0.2, 0) is 14.8 Å². The molecule has 0 aliphatic carbocycles. The monoisotopic (exact) mass is 451 g/mol. The maximum atomic E-state index is 12.5. The Hall–Kier alpha value is -0.890. The molecule has 1 N–H and O–H groups in total. The number of alkyl halides is 3. The van der Waals surface area contributed by atoms with Gasteiger partial charge in [-0.25, -0.2) is 13.1 Å². The van der Waals surface area contributed by atoms with Gasteiger partial charge < -0.3 is 0 Å². The number of rotatable bonds is 7. The normalized spacial score (nSPS) is 15.1. The van der Waals surface area contributed by atoms with E-state index < -0.39 is 31.6 Å². The lowest BCUT2D eigenvalue weighted by Gasteiger charge is -2.23. The van der Waals surface area contributed by atoms with E-state index >= 15 is 0 Å². The largest absolute Gasteiger partial charge is 0.294 e. The summed E-state index contributed by atoms with van der Waals surface area (Å²) in [6, 6.07) is 11.5. The van der Waals surface area contributed by atoms with Crippen molar-refractivity contribution in [3.8, 4) is 0 Å². The minimum atomic E-state index is -3.81. The van der Waals surface area contributed by atoms with Gasteiger partial charge in [-0.1, -0.05) is 90.3 Å². The Kier molecular flexibility index (Phi) is 7.30. The molecule has 140 valence electrons. The van der Waals surface area contributed by atoms with Gasteiger partial charge >= 0.3 is 0 Å². The molecule has 1 heterocycles. The number of halogens is 3. The summed E-state index contributed by atoms with van der Waals surface area (Å²) in [7, 11) is -3.81. The Balaban J connectivity index is 2.32. The van der Waals surface area contributed by atoms with Crippen LogP contribution in [0, 0.1) is 5.92 Å². The topological polar surface area (TPSA) is 63.2 Å². The number of nitrogens with one attached hydrogen (secondary N) is 1. The number of hydrogen-bond acceptors (Lipinski definition) is 4. The highest BCUT2D eigenvalue weighted by Gasteiger charge is 2.38. The summed E-state index contributed by atoms with van der Waals surface area (Å²) < 4.78 is 25.6. The van der Waals surface area contributed by atoms with E-state index in [4.69, 9.17) is 34.8 Å². The fraction of sp³-hybridized carbons (Fsp3) is 0.235. The Morgan fingerprint density at radius 1 is 1.15 bits per heavy atom. The van der Waals surface area contributed by atoms with Gasteiger partial charge in [-0.05, 0) is 17.0 Å². The zero-order valence-corrected chi connectivity index (χ0v) is 17.5. The van der Waals surface area contributed by atoms with Crippen LogP contribution in [0.2, 0.25) is 0 Å². The third-order valence-corrected chi connectivity index (χ3v) is 6.99. The molecule has 1 aromatic carbocycles. The lowest BCUT2D eigenvalue weighted by Crippen LogP contribution is -2.43. The molecule has 0 radical (unpaired) electrons. The Morgan fingerprint density at radius 3 is 2.35 bits per heavy atom. The molecule has 0 bridgehead atoms. The number of benzene rings is 1. The Morgan fingerprint density at radius 2 is 1.81 bits per heavy atom. The molecule has 4 nitrogen and oxygen atoms in total. The van der Waals surface area contributed by atoms with Crippen molar-refractivity contribution in [2.45, 2.75) is 21.0 Å². The molecule has 0 aliphatic heterocycles. The second kappa shape index (κ2) is 8.87. The first-order valence-corrected chi connectivity index (χ1v) is 11.0. The van der Waals surface area contributed by atoms with E-state index in [2.05, 4.69) is 4.72 Å². The van der Waals surface area contributed by atoms with Crippen LogP contribution in [0.1, 0.15) is 12.5 Å². The highest BCUT2D eigenvalue weighted by Crippen LogP contribution is 2.32. The average molecular weight is 453 g/mol. The van der Waals surface area contributed by atoms with E-state index in [9.17, 15) is 13.2 Å². The molecule has 0 aliphatic rings. The summed E-state index contributed by atoms with van der Waals surface area (Å²) in [4.78, 5) is 12.3. The van der Waals surface area contributed by atoms with Crippen molar-refractivity contribution in [1.29, 1.82) is 0 Å². The molecule has 0 saturated heterocycles. The highest BCUT2D eigenvalue weighted by molar-refractivity contribution is 7.91. The van der Waals surface area contributed by atoms with Gasteiger partial charge in [-0.15, -0.1) is 11.3 Å². The summed E-state index contributed by atoms with van der Waals surface area (Å²) in [5.41, 5.74) is 0.848. The van der Waals surface area contributed by atoms with E-state index in [0.717, 1.165) is 16.9 Å². The number of ketones is 1. The van der Waals surface area contributed by atoms with Crippen molar-refractivity contribution in [1.82, 2.24) is 4.72 Å². The second-order valence-electron chi connectivity index (χ2n) is 5.50. The lowest BCUT2D eigenvalue weighted by molar-refractivity contribution is -0.121. The van der Waals surface area contributed by atoms with Gasteiger partial charge in [-0.3, -0.25) is 4.79 Å². The molecule has 0 unspecified atom stereocenters. The molecule has 0 saturated carbocycles. The molecule has 0 amide bonds. The minimum absolute atomic E-state index is 0.143. The summed E-state index contributed by atoms with van der Waals surface area (Å²) in [5, 5.41) is 1.65. The third kappa shape index (κ3) is 5.81. The smallest absolute Gasteiger partial charge is 0.250 e. The molecule has 2 atom stereocenters. The van der Waals surface area contributed by atoms with Crippen molar-refractivity contribution in [2.24, 2.45) is 5.92 Å². The molecule has 2 aromatic rings. The zero-order valence-electron chi connectivity index (χ0n) is 13.6. The van der Waals surface area contributed by atoms with Crippen LogP contribution in [0.3, 0.4) is 0 Å². The van der Waals surface area contributed by atoms with Crippen molar-refractivity contribution in [3.63, 3.8) is 0 Å². The average Bonchev–Trinajstić information content (AvgIpc) is 3.13. The maximum absolute atomic E-state index is 12.5. The first-order chi connectivity index (χ1) is 12.1. The predicted octanol–water partition coefficient (Wildman–Crippen LogP) is 4.68. The van der Waals surface area contributed by atoms with Gasteiger partial charge in [0.2, 0.25) is 3.79 Å². The van der Waals surface area contributed by atoms with E-state index in [-0.39, 0.29) is 4.21 Å². The van der Waals surface area contributed by atoms with E-state index in [0.29, 0.717) is 0 Å². The van der Waals surface area contributed by atoms with Crippen LogP contribution in [0.4, 0.5) is 0 Å². The summed E-state index contributed by atoms with van der Waals surface area (Å²) in [6.45, 7) is 1.52. The van der Waals surface area contributed by atoms with Crippen molar-refractivity contribution < 1.29 is 13.2 Å². The van der Waals surface area contributed by atoms with Crippen LogP contribution in [0.15, 0.2) is 58.1 Å². The van der Waals surface area contributed by atoms with Crippen molar-refractivity contribution in [2.75, 3.05) is 0 Å². The molecule has 26 heavy (non-hydrogen) atoms. The van der Waals surface area contributed by atoms with Gasteiger partial charge in [0.25, 0.3) is 10.0 Å². The van der Waals surface area contributed by atoms with Crippen molar-refractivity contribution in [3.05, 3.63) is 59.5 Å². The number of Topliss-reactive ketones (excluding diaryl/α,β-unsaturated/α-hetero) is 1. The standard InChI is InChI=1S/C17H16Cl3NO3S2/c1-12(16(22)17(18,19)20)14(10-9-13-6-3-2-4-7-13)21-26(23,24)15-8-5-11-25-15/h2-12,14,21H,1H3/b10-9+/t12-,14+/m0/s1.